The average Bonchev–Trinajstić information content (AvgIpc) is 3.48. The van der Waals surface area contributed by atoms with Crippen molar-refractivity contribution in [2.75, 3.05) is 36.4 Å². The van der Waals surface area contributed by atoms with Gasteiger partial charge in [-0.05, 0) is 77.9 Å². The highest BCUT2D eigenvalue weighted by Gasteiger charge is 2.20. The third-order valence-electron chi connectivity index (χ3n) is 8.19. The molecule has 2 aromatic heterocycles. The van der Waals surface area contributed by atoms with Gasteiger partial charge >= 0.3 is 0 Å². The monoisotopic (exact) mass is 586 g/mol. The molecule has 0 aliphatic carbocycles. The number of hydrogen-bond donors (Lipinski definition) is 1. The minimum absolute atomic E-state index is 0.141. The van der Waals surface area contributed by atoms with Crippen LogP contribution < -0.4 is 10.2 Å². The Labute approximate surface area is 258 Å². The van der Waals surface area contributed by atoms with Crippen LogP contribution in [0.3, 0.4) is 0 Å². The Balaban J connectivity index is 1.06. The summed E-state index contributed by atoms with van der Waals surface area (Å²) in [4.78, 5) is 27.2. The van der Waals surface area contributed by atoms with Crippen LogP contribution in [0.25, 0.3) is 22.6 Å². The van der Waals surface area contributed by atoms with Crippen LogP contribution in [0.15, 0.2) is 89.6 Å². The van der Waals surface area contributed by atoms with Crippen molar-refractivity contribution < 1.29 is 9.32 Å². The van der Waals surface area contributed by atoms with Crippen LogP contribution in [0.1, 0.15) is 52.6 Å². The molecule has 1 aliphatic rings. The van der Waals surface area contributed by atoms with E-state index >= 15 is 0 Å². The number of piperazine rings is 1. The zero-order valence-corrected chi connectivity index (χ0v) is 25.7. The van der Waals surface area contributed by atoms with Gasteiger partial charge in [-0.25, -0.2) is 4.98 Å². The van der Waals surface area contributed by atoms with Crippen molar-refractivity contribution in [3.8, 4) is 22.6 Å². The Hall–Kier alpha value is -4.82. The van der Waals surface area contributed by atoms with Gasteiger partial charge in [0.1, 0.15) is 5.82 Å². The molecule has 8 nitrogen and oxygen atoms in total. The van der Waals surface area contributed by atoms with Crippen LogP contribution in [0, 0.1) is 13.8 Å². The third-order valence-corrected chi connectivity index (χ3v) is 8.19. The van der Waals surface area contributed by atoms with Crippen LogP contribution in [0.4, 0.5) is 11.5 Å². The molecular weight excluding hydrogens is 548 g/mol. The molecule has 0 radical (unpaired) electrons. The number of anilines is 2. The number of carbonyl (C=O) groups is 1. The molecule has 0 atom stereocenters. The molecule has 224 valence electrons. The van der Waals surface area contributed by atoms with Crippen molar-refractivity contribution >= 4 is 17.4 Å². The summed E-state index contributed by atoms with van der Waals surface area (Å²) in [5.41, 5.74) is 7.84. The summed E-state index contributed by atoms with van der Waals surface area (Å²) >= 11 is 0. The lowest BCUT2D eigenvalue weighted by atomic mass is 9.92. The molecule has 1 aliphatic heterocycles. The number of amides is 1. The molecule has 3 heterocycles. The normalized spacial score (nSPS) is 13.8. The fraction of sp³-hybridized carbons (Fsp3) is 0.278. The molecule has 0 saturated carbocycles. The first-order valence-corrected chi connectivity index (χ1v) is 15.2. The second-order valence-corrected chi connectivity index (χ2v) is 11.7. The predicted octanol–water partition coefficient (Wildman–Crippen LogP) is 7.11. The summed E-state index contributed by atoms with van der Waals surface area (Å²) in [5, 5.41) is 6.97. The molecule has 1 fully saturated rings. The minimum Gasteiger partial charge on any atom is -0.354 e. The van der Waals surface area contributed by atoms with Crippen LogP contribution in [-0.2, 0) is 6.54 Å². The van der Waals surface area contributed by atoms with Crippen molar-refractivity contribution in [3.63, 3.8) is 0 Å². The molecule has 5 aromatic rings. The number of carbonyl (C=O) groups excluding carboxylic acids is 1. The van der Waals surface area contributed by atoms with E-state index in [2.05, 4.69) is 75.5 Å². The Morgan fingerprint density at radius 2 is 1.68 bits per heavy atom. The third kappa shape index (κ3) is 6.55. The number of aromatic nitrogens is 3. The molecule has 1 amide bonds. The quantitative estimate of drug-likeness (QED) is 0.207. The predicted molar refractivity (Wildman–Crippen MR) is 175 cm³/mol. The Morgan fingerprint density at radius 1 is 0.909 bits per heavy atom. The summed E-state index contributed by atoms with van der Waals surface area (Å²) in [6.07, 6.45) is 1.75. The van der Waals surface area contributed by atoms with E-state index in [9.17, 15) is 4.79 Å². The van der Waals surface area contributed by atoms with Gasteiger partial charge in [-0.2, -0.15) is 4.98 Å². The highest BCUT2D eigenvalue weighted by atomic mass is 16.5. The fourth-order valence-electron chi connectivity index (χ4n) is 5.73. The second kappa shape index (κ2) is 12.8. The van der Waals surface area contributed by atoms with E-state index in [1.807, 2.05) is 56.3 Å². The van der Waals surface area contributed by atoms with E-state index in [4.69, 9.17) is 9.51 Å². The molecule has 0 bridgehead atoms. The van der Waals surface area contributed by atoms with Gasteiger partial charge in [-0.1, -0.05) is 67.5 Å². The van der Waals surface area contributed by atoms with Crippen LogP contribution in [-0.4, -0.2) is 52.1 Å². The topological polar surface area (TPSA) is 87.4 Å². The second-order valence-electron chi connectivity index (χ2n) is 11.7. The molecule has 6 rings (SSSR count). The number of aryl methyl sites for hydroxylation is 2. The van der Waals surface area contributed by atoms with Crippen LogP contribution in [0.2, 0.25) is 0 Å². The van der Waals surface area contributed by atoms with Crippen molar-refractivity contribution in [3.05, 3.63) is 113 Å². The largest absolute Gasteiger partial charge is 0.354 e. The number of nitrogens with zero attached hydrogens (tertiary/aromatic N) is 5. The van der Waals surface area contributed by atoms with Gasteiger partial charge < -0.3 is 14.7 Å². The Bertz CT molecular complexity index is 1740. The lowest BCUT2D eigenvalue weighted by molar-refractivity contribution is 0.102. The maximum absolute atomic E-state index is 13.4. The SMILES string of the molecule is Cc1noc(-c2cccc(CN3CCN(c4ccc(NC(=O)c5cccc(C)c5-c5ccc(C(C)C)cc5)cn4)CC3)c2)n1. The molecule has 1 saturated heterocycles. The fourth-order valence-corrected chi connectivity index (χ4v) is 5.73. The molecule has 1 N–H and O–H groups in total. The van der Waals surface area contributed by atoms with Gasteiger partial charge in [0.05, 0.1) is 11.9 Å². The number of benzene rings is 3. The molecule has 0 unspecified atom stereocenters. The van der Waals surface area contributed by atoms with E-state index < -0.39 is 0 Å². The Morgan fingerprint density at radius 3 is 2.36 bits per heavy atom. The van der Waals surface area contributed by atoms with E-state index in [-0.39, 0.29) is 5.91 Å². The summed E-state index contributed by atoms with van der Waals surface area (Å²) in [7, 11) is 0. The first-order valence-electron chi connectivity index (χ1n) is 15.2. The molecule has 0 spiro atoms. The minimum atomic E-state index is -0.141. The van der Waals surface area contributed by atoms with Gasteiger partial charge in [0.2, 0.25) is 0 Å². The average molecular weight is 587 g/mol. The molecule has 44 heavy (non-hydrogen) atoms. The summed E-state index contributed by atoms with van der Waals surface area (Å²) in [5.74, 6) is 2.42. The maximum Gasteiger partial charge on any atom is 0.257 e. The van der Waals surface area contributed by atoms with Gasteiger partial charge in [-0.3, -0.25) is 9.69 Å². The summed E-state index contributed by atoms with van der Waals surface area (Å²) < 4.78 is 5.34. The highest BCUT2D eigenvalue weighted by molar-refractivity contribution is 6.09. The van der Waals surface area contributed by atoms with E-state index in [1.54, 1.807) is 6.20 Å². The smallest absolute Gasteiger partial charge is 0.257 e. The van der Waals surface area contributed by atoms with Crippen LogP contribution >= 0.6 is 0 Å². The standard InChI is InChI=1S/C36H38N6O2/c1-24(2)28-11-13-29(14-12-28)34-25(3)7-5-10-32(34)35(43)39-31-15-16-33(37-22-31)42-19-17-41(18-20-42)23-27-8-6-9-30(21-27)36-38-26(4)40-44-36/h5-16,21-22,24H,17-20,23H2,1-4H3,(H,39,43). The zero-order chi connectivity index (χ0) is 30.6. The first kappa shape index (κ1) is 29.3. The summed E-state index contributed by atoms with van der Waals surface area (Å²) in [6.45, 7) is 12.7. The number of pyridine rings is 1. The summed E-state index contributed by atoms with van der Waals surface area (Å²) in [6, 6.07) is 26.6. The first-order chi connectivity index (χ1) is 21.3. The van der Waals surface area contributed by atoms with Gasteiger partial charge in [0.15, 0.2) is 5.82 Å². The molecule has 8 heteroatoms. The number of hydrogen-bond acceptors (Lipinski definition) is 7. The van der Waals surface area contributed by atoms with Crippen molar-refractivity contribution in [2.45, 2.75) is 40.2 Å². The molecule has 3 aromatic carbocycles. The Kier molecular flexibility index (Phi) is 8.52. The van der Waals surface area contributed by atoms with E-state index in [0.717, 1.165) is 60.8 Å². The highest BCUT2D eigenvalue weighted by Crippen LogP contribution is 2.30. The number of rotatable bonds is 8. The van der Waals surface area contributed by atoms with Gasteiger partial charge in [0.25, 0.3) is 11.8 Å². The van der Waals surface area contributed by atoms with E-state index in [1.165, 1.54) is 11.1 Å². The van der Waals surface area contributed by atoms with E-state index in [0.29, 0.717) is 28.9 Å². The maximum atomic E-state index is 13.4. The number of nitrogens with one attached hydrogen (secondary N) is 1. The van der Waals surface area contributed by atoms with Crippen molar-refractivity contribution in [1.82, 2.24) is 20.0 Å². The van der Waals surface area contributed by atoms with Crippen molar-refractivity contribution in [2.24, 2.45) is 0 Å². The van der Waals surface area contributed by atoms with Crippen LogP contribution in [0.5, 0.6) is 0 Å². The molecular formula is C36H38N6O2. The van der Waals surface area contributed by atoms with Gasteiger partial charge in [-0.15, -0.1) is 0 Å². The zero-order valence-electron chi connectivity index (χ0n) is 25.7. The van der Waals surface area contributed by atoms with Gasteiger partial charge in [0, 0.05) is 43.9 Å². The lowest BCUT2D eigenvalue weighted by Crippen LogP contribution is -2.46. The lowest BCUT2D eigenvalue weighted by Gasteiger charge is -2.35. The van der Waals surface area contributed by atoms with Crippen molar-refractivity contribution in [1.29, 1.82) is 0 Å².